The van der Waals surface area contributed by atoms with Gasteiger partial charge in [0.1, 0.15) is 12.4 Å². The van der Waals surface area contributed by atoms with Crippen LogP contribution in [0, 0.1) is 0 Å². The number of nitrogen functional groups attached to an aromatic ring is 1. The SMILES string of the molecule is C=C(Br)COc1cccc(N)c1. The van der Waals surface area contributed by atoms with Gasteiger partial charge in [0.25, 0.3) is 0 Å². The summed E-state index contributed by atoms with van der Waals surface area (Å²) in [5.74, 6) is 0.760. The molecule has 0 atom stereocenters. The Hall–Kier alpha value is -0.960. The van der Waals surface area contributed by atoms with Gasteiger partial charge < -0.3 is 10.5 Å². The van der Waals surface area contributed by atoms with Crippen molar-refractivity contribution >= 4 is 21.6 Å². The summed E-state index contributed by atoms with van der Waals surface area (Å²) in [4.78, 5) is 0. The fourth-order valence-electron chi connectivity index (χ4n) is 0.766. The highest BCUT2D eigenvalue weighted by Gasteiger charge is 1.93. The Labute approximate surface area is 80.2 Å². The molecule has 0 aliphatic rings. The summed E-state index contributed by atoms with van der Waals surface area (Å²) < 4.78 is 6.13. The van der Waals surface area contributed by atoms with Crippen molar-refractivity contribution in [2.24, 2.45) is 0 Å². The van der Waals surface area contributed by atoms with Crippen LogP contribution < -0.4 is 10.5 Å². The van der Waals surface area contributed by atoms with Gasteiger partial charge in [-0.2, -0.15) is 0 Å². The summed E-state index contributed by atoms with van der Waals surface area (Å²) in [6.07, 6.45) is 0. The van der Waals surface area contributed by atoms with Crippen molar-refractivity contribution in [2.45, 2.75) is 0 Å². The molecule has 1 aromatic rings. The Morgan fingerprint density at radius 2 is 2.33 bits per heavy atom. The van der Waals surface area contributed by atoms with Crippen molar-refractivity contribution in [3.63, 3.8) is 0 Å². The molecule has 64 valence electrons. The van der Waals surface area contributed by atoms with Gasteiger partial charge in [0, 0.05) is 16.2 Å². The zero-order chi connectivity index (χ0) is 8.97. The summed E-state index contributed by atoms with van der Waals surface area (Å²) in [7, 11) is 0. The molecule has 0 bridgehead atoms. The molecule has 1 rings (SSSR count). The van der Waals surface area contributed by atoms with Crippen LogP contribution in [0.2, 0.25) is 0 Å². The van der Waals surface area contributed by atoms with Gasteiger partial charge in [-0.3, -0.25) is 0 Å². The lowest BCUT2D eigenvalue weighted by atomic mass is 10.3. The second kappa shape index (κ2) is 4.16. The molecule has 0 aliphatic heterocycles. The first-order valence-corrected chi connectivity index (χ1v) is 4.29. The quantitative estimate of drug-likeness (QED) is 0.807. The van der Waals surface area contributed by atoms with Crippen LogP contribution in [0.3, 0.4) is 0 Å². The summed E-state index contributed by atoms with van der Waals surface area (Å²) >= 11 is 3.20. The first-order valence-electron chi connectivity index (χ1n) is 3.50. The maximum Gasteiger partial charge on any atom is 0.121 e. The van der Waals surface area contributed by atoms with Gasteiger partial charge in [-0.15, -0.1) is 0 Å². The van der Waals surface area contributed by atoms with E-state index in [1.165, 1.54) is 0 Å². The highest BCUT2D eigenvalue weighted by molar-refractivity contribution is 9.11. The van der Waals surface area contributed by atoms with Crippen LogP contribution in [0.1, 0.15) is 0 Å². The minimum Gasteiger partial charge on any atom is -0.488 e. The molecule has 0 spiro atoms. The van der Waals surface area contributed by atoms with Crippen LogP contribution >= 0.6 is 15.9 Å². The van der Waals surface area contributed by atoms with Crippen LogP contribution in [0.15, 0.2) is 35.3 Å². The van der Waals surface area contributed by atoms with Gasteiger partial charge in [-0.05, 0) is 12.1 Å². The Kier molecular flexibility index (Phi) is 3.17. The summed E-state index contributed by atoms with van der Waals surface area (Å²) in [6, 6.07) is 7.29. The average molecular weight is 228 g/mol. The largest absolute Gasteiger partial charge is 0.488 e. The van der Waals surface area contributed by atoms with Crippen LogP contribution in [-0.2, 0) is 0 Å². The van der Waals surface area contributed by atoms with E-state index in [2.05, 4.69) is 22.5 Å². The zero-order valence-electron chi connectivity index (χ0n) is 6.59. The molecule has 0 amide bonds. The molecule has 0 heterocycles. The number of hydrogen-bond donors (Lipinski definition) is 1. The lowest BCUT2D eigenvalue weighted by molar-refractivity contribution is 0.361. The normalized spacial score (nSPS) is 9.42. The van der Waals surface area contributed by atoms with E-state index in [0.717, 1.165) is 10.2 Å². The molecule has 0 aromatic heterocycles. The van der Waals surface area contributed by atoms with E-state index < -0.39 is 0 Å². The van der Waals surface area contributed by atoms with Crippen molar-refractivity contribution in [1.82, 2.24) is 0 Å². The Balaban J connectivity index is 2.57. The average Bonchev–Trinajstić information content (AvgIpc) is 2.01. The van der Waals surface area contributed by atoms with Crippen molar-refractivity contribution in [3.05, 3.63) is 35.3 Å². The molecule has 3 heteroatoms. The monoisotopic (exact) mass is 227 g/mol. The third-order valence-corrected chi connectivity index (χ3v) is 1.48. The molecule has 0 saturated carbocycles. The standard InChI is InChI=1S/C9H10BrNO/c1-7(10)6-12-9-4-2-3-8(11)5-9/h2-5H,1,6,11H2. The second-order valence-corrected chi connectivity index (χ2v) is 3.50. The fraction of sp³-hybridized carbons (Fsp3) is 0.111. The van der Waals surface area contributed by atoms with Crippen molar-refractivity contribution in [2.75, 3.05) is 12.3 Å². The van der Waals surface area contributed by atoms with E-state index >= 15 is 0 Å². The van der Waals surface area contributed by atoms with E-state index in [0.29, 0.717) is 12.3 Å². The third kappa shape index (κ3) is 2.96. The predicted molar refractivity (Wildman–Crippen MR) is 54.4 cm³/mol. The first-order chi connectivity index (χ1) is 5.68. The number of hydrogen-bond acceptors (Lipinski definition) is 2. The van der Waals surface area contributed by atoms with E-state index in [1.807, 2.05) is 18.2 Å². The molecule has 0 aliphatic carbocycles. The highest BCUT2D eigenvalue weighted by atomic mass is 79.9. The number of anilines is 1. The lowest BCUT2D eigenvalue weighted by Crippen LogP contribution is -1.96. The summed E-state index contributed by atoms with van der Waals surface area (Å²) in [5.41, 5.74) is 6.25. The molecule has 1 aromatic carbocycles. The van der Waals surface area contributed by atoms with E-state index in [9.17, 15) is 0 Å². The zero-order valence-corrected chi connectivity index (χ0v) is 8.17. The second-order valence-electron chi connectivity index (χ2n) is 2.38. The van der Waals surface area contributed by atoms with Crippen molar-refractivity contribution < 1.29 is 4.74 Å². The topological polar surface area (TPSA) is 35.2 Å². The van der Waals surface area contributed by atoms with Gasteiger partial charge in [-0.1, -0.05) is 28.6 Å². The predicted octanol–water partition coefficient (Wildman–Crippen LogP) is 2.56. The molecule has 2 nitrogen and oxygen atoms in total. The van der Waals surface area contributed by atoms with Gasteiger partial charge in [0.05, 0.1) is 0 Å². The number of benzene rings is 1. The van der Waals surface area contributed by atoms with E-state index in [1.54, 1.807) is 6.07 Å². The van der Waals surface area contributed by atoms with Gasteiger partial charge in [0.2, 0.25) is 0 Å². The van der Waals surface area contributed by atoms with E-state index in [-0.39, 0.29) is 0 Å². The number of rotatable bonds is 3. The molecule has 0 fully saturated rings. The summed E-state index contributed by atoms with van der Waals surface area (Å²) in [5, 5.41) is 0. The van der Waals surface area contributed by atoms with Gasteiger partial charge in [-0.25, -0.2) is 0 Å². The van der Waals surface area contributed by atoms with Crippen LogP contribution in [0.25, 0.3) is 0 Å². The van der Waals surface area contributed by atoms with Crippen LogP contribution in [0.4, 0.5) is 5.69 Å². The maximum absolute atomic E-state index is 5.55. The van der Waals surface area contributed by atoms with Gasteiger partial charge >= 0.3 is 0 Å². The third-order valence-electron chi connectivity index (χ3n) is 1.25. The Morgan fingerprint density at radius 3 is 2.92 bits per heavy atom. The van der Waals surface area contributed by atoms with Crippen LogP contribution in [-0.4, -0.2) is 6.61 Å². The smallest absolute Gasteiger partial charge is 0.121 e. The summed E-state index contributed by atoms with van der Waals surface area (Å²) in [6.45, 7) is 4.11. The number of halogens is 1. The molecule has 0 saturated heterocycles. The molecule has 0 radical (unpaired) electrons. The number of nitrogens with two attached hydrogens (primary N) is 1. The molecular formula is C9H10BrNO. The van der Waals surface area contributed by atoms with E-state index in [4.69, 9.17) is 10.5 Å². The lowest BCUT2D eigenvalue weighted by Gasteiger charge is -2.04. The Morgan fingerprint density at radius 1 is 1.58 bits per heavy atom. The van der Waals surface area contributed by atoms with Crippen molar-refractivity contribution in [3.8, 4) is 5.75 Å². The Bertz CT molecular complexity index is 286. The fourth-order valence-corrected chi connectivity index (χ4v) is 0.880. The number of ether oxygens (including phenoxy) is 1. The molecule has 2 N–H and O–H groups in total. The highest BCUT2D eigenvalue weighted by Crippen LogP contribution is 2.15. The molecular weight excluding hydrogens is 218 g/mol. The molecule has 12 heavy (non-hydrogen) atoms. The maximum atomic E-state index is 5.55. The molecule has 0 unspecified atom stereocenters. The minimum atomic E-state index is 0.462. The van der Waals surface area contributed by atoms with Crippen molar-refractivity contribution in [1.29, 1.82) is 0 Å². The van der Waals surface area contributed by atoms with Crippen LogP contribution in [0.5, 0.6) is 5.75 Å². The minimum absolute atomic E-state index is 0.462. The van der Waals surface area contributed by atoms with Gasteiger partial charge in [0.15, 0.2) is 0 Å². The first kappa shape index (κ1) is 9.13.